The normalized spacial score (nSPS) is 52.4. The van der Waals surface area contributed by atoms with Gasteiger partial charge in [0.1, 0.15) is 36.3 Å². The molecule has 19 atom stereocenters. The van der Waals surface area contributed by atoms with Crippen molar-refractivity contribution in [3.05, 3.63) is 24.3 Å². The number of hydrogen-bond acceptors (Lipinski definition) is 12. The fourth-order valence-corrected chi connectivity index (χ4v) is 11.3. The van der Waals surface area contributed by atoms with Gasteiger partial charge < -0.3 is 53.5 Å². The van der Waals surface area contributed by atoms with Crippen LogP contribution < -0.4 is 5.73 Å². The van der Waals surface area contributed by atoms with Gasteiger partial charge in [0, 0.05) is 58.1 Å². The van der Waals surface area contributed by atoms with Crippen molar-refractivity contribution >= 4 is 5.78 Å². The van der Waals surface area contributed by atoms with Crippen LogP contribution >= 0.6 is 0 Å². The number of ether oxygens (including phenoxy) is 9. The van der Waals surface area contributed by atoms with Crippen LogP contribution in [0.25, 0.3) is 0 Å². The number of hydrogen-bond donors (Lipinski definition) is 2. The van der Waals surface area contributed by atoms with Gasteiger partial charge in [-0.05, 0) is 62.0 Å². The van der Waals surface area contributed by atoms with Crippen LogP contribution in [-0.4, -0.2) is 128 Å². The fraction of sp³-hybridized carbons (Fsp3) is 0.875. The summed E-state index contributed by atoms with van der Waals surface area (Å²) in [4.78, 5) is 14.1. The zero-order chi connectivity index (χ0) is 35.9. The van der Waals surface area contributed by atoms with E-state index in [1.54, 1.807) is 7.11 Å². The molecular formula is C40H59NO11. The van der Waals surface area contributed by atoms with Gasteiger partial charge in [0.2, 0.25) is 0 Å². The minimum absolute atomic E-state index is 0.0158. The molecule has 10 aliphatic heterocycles. The molecule has 12 nitrogen and oxygen atoms in total. The van der Waals surface area contributed by atoms with E-state index in [2.05, 4.69) is 20.1 Å². The summed E-state index contributed by atoms with van der Waals surface area (Å²) in [5.41, 5.74) is 8.01. The molecule has 1 spiro atoms. The average Bonchev–Trinajstić information content (AvgIpc) is 3.79. The minimum atomic E-state index is -0.780. The maximum Gasteiger partial charge on any atom is 0.172 e. The zero-order valence-electron chi connectivity index (χ0n) is 30.8. The highest BCUT2D eigenvalue weighted by atomic mass is 16.8. The van der Waals surface area contributed by atoms with Crippen LogP contribution in [-0.2, 0) is 47.4 Å². The van der Waals surface area contributed by atoms with Gasteiger partial charge in [-0.3, -0.25) is 4.79 Å². The van der Waals surface area contributed by atoms with Gasteiger partial charge in [0.25, 0.3) is 0 Å². The van der Waals surface area contributed by atoms with E-state index in [9.17, 15) is 9.90 Å². The molecule has 52 heavy (non-hydrogen) atoms. The third-order valence-electron chi connectivity index (χ3n) is 14.0. The number of aliphatic hydroxyl groups is 1. The van der Waals surface area contributed by atoms with E-state index in [1.807, 2.05) is 0 Å². The van der Waals surface area contributed by atoms with Gasteiger partial charge in [0.15, 0.2) is 5.79 Å². The molecule has 5 unspecified atom stereocenters. The summed E-state index contributed by atoms with van der Waals surface area (Å²) in [5, 5.41) is 10.5. The molecule has 12 heteroatoms. The van der Waals surface area contributed by atoms with E-state index in [4.69, 9.17) is 48.4 Å². The summed E-state index contributed by atoms with van der Waals surface area (Å²) in [5.74, 6) is -0.619. The van der Waals surface area contributed by atoms with Gasteiger partial charge in [-0.2, -0.15) is 0 Å². The Kier molecular flexibility index (Phi) is 10.0. The first-order valence-corrected chi connectivity index (χ1v) is 20.2. The Morgan fingerprint density at radius 3 is 2.38 bits per heavy atom. The van der Waals surface area contributed by atoms with Gasteiger partial charge in [-0.1, -0.05) is 20.1 Å². The Labute approximate surface area is 307 Å². The van der Waals surface area contributed by atoms with Crippen molar-refractivity contribution in [1.82, 2.24) is 0 Å². The van der Waals surface area contributed by atoms with Crippen molar-refractivity contribution in [1.29, 1.82) is 0 Å². The predicted molar refractivity (Wildman–Crippen MR) is 186 cm³/mol. The Hall–Kier alpha value is -1.29. The van der Waals surface area contributed by atoms with Gasteiger partial charge in [0.05, 0.1) is 67.1 Å². The molecular weight excluding hydrogens is 670 g/mol. The Balaban J connectivity index is 0.994. The highest BCUT2D eigenvalue weighted by Gasteiger charge is 2.68. The largest absolute Gasteiger partial charge is 0.392 e. The number of rotatable bonds is 4. The number of carbonyl (C=O) groups is 1. The molecule has 0 saturated carbocycles. The van der Waals surface area contributed by atoms with Gasteiger partial charge in [-0.15, -0.1) is 0 Å². The number of ketones is 1. The van der Waals surface area contributed by atoms with Crippen LogP contribution in [0.4, 0.5) is 0 Å². The molecule has 3 N–H and O–H groups in total. The van der Waals surface area contributed by atoms with E-state index in [0.29, 0.717) is 25.7 Å². The maximum absolute atomic E-state index is 14.1. The van der Waals surface area contributed by atoms with E-state index < -0.39 is 18.0 Å². The first-order valence-electron chi connectivity index (χ1n) is 20.2. The van der Waals surface area contributed by atoms with Crippen LogP contribution in [0.5, 0.6) is 0 Å². The summed E-state index contributed by atoms with van der Waals surface area (Å²) >= 11 is 0. The minimum Gasteiger partial charge on any atom is -0.392 e. The topological polar surface area (TPSA) is 146 Å². The lowest BCUT2D eigenvalue weighted by molar-refractivity contribution is -0.292. The Morgan fingerprint density at radius 1 is 0.808 bits per heavy atom. The zero-order valence-corrected chi connectivity index (χ0v) is 30.8. The second kappa shape index (κ2) is 14.3. The van der Waals surface area contributed by atoms with Crippen LogP contribution in [0.3, 0.4) is 0 Å². The molecule has 0 aromatic rings. The molecule has 10 heterocycles. The summed E-state index contributed by atoms with van der Waals surface area (Å²) in [6, 6.07) is 0. The average molecular weight is 730 g/mol. The predicted octanol–water partition coefficient (Wildman–Crippen LogP) is 3.44. The third kappa shape index (κ3) is 6.59. The van der Waals surface area contributed by atoms with Crippen molar-refractivity contribution in [2.75, 3.05) is 13.7 Å². The lowest BCUT2D eigenvalue weighted by Gasteiger charge is -2.47. The van der Waals surface area contributed by atoms with Crippen molar-refractivity contribution in [3.63, 3.8) is 0 Å². The molecule has 0 radical (unpaired) electrons. The SMILES string of the molecule is C=C1C2C[C@@H]3O[C@H](CC(O)CN)[C@H](OC)[C@H]3CC(=O)CC3CC[C@@H]4O[C@@H]5C6O[C@@H]7C[C@@](CC[C@H]8CC(=C)[C@H](CC[C@@H](C[C@H]1C)O2)O8)(OC57)O[C@H]6[C@H]4O3. The molecule has 0 amide bonds. The molecule has 10 fully saturated rings. The van der Waals surface area contributed by atoms with E-state index in [1.165, 1.54) is 0 Å². The maximum atomic E-state index is 14.1. The summed E-state index contributed by atoms with van der Waals surface area (Å²) < 4.78 is 60.0. The van der Waals surface area contributed by atoms with Crippen molar-refractivity contribution < 1.29 is 52.5 Å². The quantitative estimate of drug-likeness (QED) is 0.409. The highest BCUT2D eigenvalue weighted by Crippen LogP contribution is 2.54. The number of carbonyl (C=O) groups excluding carboxylic acids is 1. The van der Waals surface area contributed by atoms with E-state index >= 15 is 0 Å². The van der Waals surface area contributed by atoms with Crippen LogP contribution in [0.2, 0.25) is 0 Å². The fourth-order valence-electron chi connectivity index (χ4n) is 11.3. The molecule has 290 valence electrons. The van der Waals surface area contributed by atoms with Crippen LogP contribution in [0.1, 0.15) is 90.4 Å². The molecule has 10 rings (SSSR count). The van der Waals surface area contributed by atoms with Gasteiger partial charge >= 0.3 is 0 Å². The van der Waals surface area contributed by atoms with Crippen LogP contribution in [0.15, 0.2) is 24.3 Å². The van der Waals surface area contributed by atoms with Crippen LogP contribution in [0, 0.1) is 11.8 Å². The van der Waals surface area contributed by atoms with Crippen molar-refractivity contribution in [2.45, 2.75) is 194 Å². The standard InChI is InChI=1S/C40H59NO11/c1-19-11-24-5-7-28-20(2)12-26(45-28)9-10-40-17-33-36(51-40)37-38(50-33)39(52-40)35-29(49-37)8-6-25(47-35)13-22(42)14-27-31(16-30(46-24)21(19)3)48-32(34(27)44-4)15-23(43)18-41/h19,23-39,43H,2-3,5-18,41H2,1,4H3/t19-,23?,24+,25?,26+,27+,28+,29+,30?,31+,32-,33-,34-,35+,36?,37+,38?,39+,40+/m1/s1. The van der Waals surface area contributed by atoms with E-state index in [0.717, 1.165) is 56.1 Å². The molecule has 0 aromatic carbocycles. The molecule has 0 aromatic heterocycles. The third-order valence-corrected chi connectivity index (χ3v) is 14.0. The summed E-state index contributed by atoms with van der Waals surface area (Å²) in [6.45, 7) is 11.3. The number of methoxy groups -OCH3 is 1. The van der Waals surface area contributed by atoms with E-state index in [-0.39, 0.29) is 122 Å². The molecule has 12 bridgehead atoms. The first kappa shape index (κ1) is 36.4. The smallest absolute Gasteiger partial charge is 0.172 e. The lowest BCUT2D eigenvalue weighted by atomic mass is 9.81. The number of aliphatic hydroxyl groups excluding tert-OH is 1. The number of nitrogens with two attached hydrogens (primary N) is 1. The van der Waals surface area contributed by atoms with Gasteiger partial charge in [-0.25, -0.2) is 0 Å². The van der Waals surface area contributed by atoms with Crippen molar-refractivity contribution in [3.8, 4) is 0 Å². The Bertz CT molecular complexity index is 1380. The van der Waals surface area contributed by atoms with Crippen molar-refractivity contribution in [2.24, 2.45) is 17.6 Å². The molecule has 0 aliphatic carbocycles. The summed E-state index contributed by atoms with van der Waals surface area (Å²) in [6.07, 6.45) is 4.85. The molecule has 10 aliphatic rings. The summed E-state index contributed by atoms with van der Waals surface area (Å²) in [7, 11) is 1.66. The Morgan fingerprint density at radius 2 is 1.56 bits per heavy atom. The number of Topliss-reactive ketones (excluding diaryl/α,β-unsaturated/α-hetero) is 1. The second-order valence-corrected chi connectivity index (χ2v) is 17.4. The molecule has 10 saturated heterocycles. The monoisotopic (exact) mass is 729 g/mol. The lowest BCUT2D eigenvalue weighted by Crippen LogP contribution is -2.61. The number of fused-ring (bicyclic) bond motifs is 6. The second-order valence-electron chi connectivity index (χ2n) is 17.4. The first-order chi connectivity index (χ1) is 25.1. The highest BCUT2D eigenvalue weighted by molar-refractivity contribution is 5.79.